The quantitative estimate of drug-likeness (QED) is 0.773. The molecular weight excluding hydrogens is 368 g/mol. The standard InChI is InChI=1S/C17H26FN3O2.2ClH/c1-21(2)15(13-4-3-5-14(18)10-13)11-20-16(22)17(12-19)6-8-23-9-7-17;;/h3-5,10,15H,6-9,11-12,19H2,1-2H3,(H,20,22);2*1H. The second-order valence-corrected chi connectivity index (χ2v) is 6.34. The molecule has 1 aliphatic heterocycles. The molecule has 1 heterocycles. The van der Waals surface area contributed by atoms with Gasteiger partial charge in [0.15, 0.2) is 0 Å². The van der Waals surface area contributed by atoms with Crippen molar-refractivity contribution in [3.63, 3.8) is 0 Å². The number of hydrogen-bond donors (Lipinski definition) is 2. The molecule has 0 radical (unpaired) electrons. The Hall–Kier alpha value is -0.920. The molecule has 1 fully saturated rings. The van der Waals surface area contributed by atoms with E-state index in [1.807, 2.05) is 25.1 Å². The maximum absolute atomic E-state index is 13.5. The third-order valence-corrected chi connectivity index (χ3v) is 4.64. The molecule has 0 aliphatic carbocycles. The van der Waals surface area contributed by atoms with Gasteiger partial charge in [-0.05, 0) is 44.6 Å². The van der Waals surface area contributed by atoms with Crippen LogP contribution in [0.2, 0.25) is 0 Å². The van der Waals surface area contributed by atoms with Crippen LogP contribution in [-0.2, 0) is 9.53 Å². The first-order valence-electron chi connectivity index (χ1n) is 7.96. The van der Waals surface area contributed by atoms with Crippen molar-refractivity contribution in [3.8, 4) is 0 Å². The van der Waals surface area contributed by atoms with Crippen molar-refractivity contribution in [1.82, 2.24) is 10.2 Å². The first kappa shape index (κ1) is 24.1. The predicted molar refractivity (Wildman–Crippen MR) is 102 cm³/mol. The molecule has 3 N–H and O–H groups in total. The van der Waals surface area contributed by atoms with Crippen molar-refractivity contribution in [2.45, 2.75) is 18.9 Å². The van der Waals surface area contributed by atoms with Crippen molar-refractivity contribution in [2.24, 2.45) is 11.1 Å². The number of rotatable bonds is 6. The van der Waals surface area contributed by atoms with Crippen molar-refractivity contribution in [1.29, 1.82) is 0 Å². The fourth-order valence-corrected chi connectivity index (χ4v) is 2.98. The molecule has 1 atom stereocenters. The Bertz CT molecular complexity index is 540. The molecule has 5 nitrogen and oxygen atoms in total. The number of halogens is 3. The highest BCUT2D eigenvalue weighted by molar-refractivity contribution is 5.85. The molecule has 0 spiro atoms. The smallest absolute Gasteiger partial charge is 0.227 e. The molecule has 8 heteroatoms. The number of amides is 1. The van der Waals surface area contributed by atoms with Crippen LogP contribution in [0.4, 0.5) is 4.39 Å². The van der Waals surface area contributed by atoms with E-state index in [-0.39, 0.29) is 42.6 Å². The van der Waals surface area contributed by atoms with Gasteiger partial charge in [-0.1, -0.05) is 12.1 Å². The molecule has 0 aromatic heterocycles. The van der Waals surface area contributed by atoms with Gasteiger partial charge in [0.05, 0.1) is 11.5 Å². The third-order valence-electron chi connectivity index (χ3n) is 4.64. The van der Waals surface area contributed by atoms with E-state index in [0.717, 1.165) is 5.56 Å². The first-order valence-corrected chi connectivity index (χ1v) is 7.96. The molecular formula is C17H28Cl2FN3O2. The average molecular weight is 396 g/mol. The molecule has 2 rings (SSSR count). The van der Waals surface area contributed by atoms with Crippen LogP contribution in [0.5, 0.6) is 0 Å². The molecule has 25 heavy (non-hydrogen) atoms. The zero-order valence-electron chi connectivity index (χ0n) is 14.7. The van der Waals surface area contributed by atoms with Crippen molar-refractivity contribution < 1.29 is 13.9 Å². The maximum atomic E-state index is 13.5. The van der Waals surface area contributed by atoms with Gasteiger partial charge < -0.3 is 20.7 Å². The van der Waals surface area contributed by atoms with Gasteiger partial charge in [-0.25, -0.2) is 4.39 Å². The molecule has 1 aromatic carbocycles. The minimum absolute atomic E-state index is 0. The highest BCUT2D eigenvalue weighted by Gasteiger charge is 2.38. The third kappa shape index (κ3) is 6.08. The van der Waals surface area contributed by atoms with E-state index in [2.05, 4.69) is 5.32 Å². The minimum Gasteiger partial charge on any atom is -0.381 e. The maximum Gasteiger partial charge on any atom is 0.227 e. The normalized spacial score (nSPS) is 17.2. The Balaban J connectivity index is 0.00000288. The Labute approximate surface area is 161 Å². The molecule has 1 amide bonds. The highest BCUT2D eigenvalue weighted by Crippen LogP contribution is 2.30. The van der Waals surface area contributed by atoms with Gasteiger partial charge in [0.2, 0.25) is 5.91 Å². The SMILES string of the molecule is CN(C)C(CNC(=O)C1(CN)CCOCC1)c1cccc(F)c1.Cl.Cl. The average Bonchev–Trinajstić information content (AvgIpc) is 2.55. The predicted octanol–water partition coefficient (Wildman–Crippen LogP) is 2.14. The van der Waals surface area contributed by atoms with Crippen LogP contribution < -0.4 is 11.1 Å². The highest BCUT2D eigenvalue weighted by atomic mass is 35.5. The Kier molecular flexibility index (Phi) is 10.5. The topological polar surface area (TPSA) is 67.6 Å². The number of hydrogen-bond acceptors (Lipinski definition) is 4. The lowest BCUT2D eigenvalue weighted by atomic mass is 9.79. The largest absolute Gasteiger partial charge is 0.381 e. The first-order chi connectivity index (χ1) is 11.0. The summed E-state index contributed by atoms with van der Waals surface area (Å²) in [5.41, 5.74) is 6.15. The number of carbonyl (C=O) groups is 1. The van der Waals surface area contributed by atoms with Crippen LogP contribution in [0.25, 0.3) is 0 Å². The summed E-state index contributed by atoms with van der Waals surface area (Å²) >= 11 is 0. The lowest BCUT2D eigenvalue weighted by Gasteiger charge is -2.35. The monoisotopic (exact) mass is 395 g/mol. The molecule has 0 saturated carbocycles. The van der Waals surface area contributed by atoms with Gasteiger partial charge in [0, 0.05) is 26.3 Å². The molecule has 1 unspecified atom stereocenters. The summed E-state index contributed by atoms with van der Waals surface area (Å²) in [5, 5.41) is 3.00. The number of likely N-dealkylation sites (N-methyl/N-ethyl adjacent to an activating group) is 1. The van der Waals surface area contributed by atoms with E-state index in [4.69, 9.17) is 10.5 Å². The second-order valence-electron chi connectivity index (χ2n) is 6.34. The van der Waals surface area contributed by atoms with Crippen LogP contribution in [0.15, 0.2) is 24.3 Å². The fraction of sp³-hybridized carbons (Fsp3) is 0.588. The van der Waals surface area contributed by atoms with Crippen molar-refractivity contribution >= 4 is 30.7 Å². The van der Waals surface area contributed by atoms with Crippen LogP contribution >= 0.6 is 24.8 Å². The second kappa shape index (κ2) is 10.9. The van der Waals surface area contributed by atoms with E-state index < -0.39 is 5.41 Å². The molecule has 1 aliphatic rings. The van der Waals surface area contributed by atoms with Crippen molar-refractivity contribution in [2.75, 3.05) is 40.4 Å². The van der Waals surface area contributed by atoms with E-state index in [0.29, 0.717) is 39.1 Å². The van der Waals surface area contributed by atoms with Crippen LogP contribution in [0, 0.1) is 11.2 Å². The summed E-state index contributed by atoms with van der Waals surface area (Å²) in [4.78, 5) is 14.6. The van der Waals surface area contributed by atoms with Crippen LogP contribution in [-0.4, -0.2) is 51.2 Å². The van der Waals surface area contributed by atoms with E-state index in [1.165, 1.54) is 12.1 Å². The minimum atomic E-state index is -0.545. The Morgan fingerprint density at radius 2 is 2.00 bits per heavy atom. The molecule has 1 saturated heterocycles. The van der Waals surface area contributed by atoms with Gasteiger partial charge in [-0.2, -0.15) is 0 Å². The van der Waals surface area contributed by atoms with Gasteiger partial charge in [-0.15, -0.1) is 24.8 Å². The number of ether oxygens (including phenoxy) is 1. The Morgan fingerprint density at radius 1 is 1.36 bits per heavy atom. The molecule has 0 bridgehead atoms. The fourth-order valence-electron chi connectivity index (χ4n) is 2.98. The number of carbonyl (C=O) groups excluding carboxylic acids is 1. The number of nitrogens with two attached hydrogens (primary N) is 1. The van der Waals surface area contributed by atoms with E-state index in [9.17, 15) is 9.18 Å². The molecule has 144 valence electrons. The summed E-state index contributed by atoms with van der Waals surface area (Å²) in [6, 6.07) is 6.38. The summed E-state index contributed by atoms with van der Waals surface area (Å²) in [5.74, 6) is -0.310. The lowest BCUT2D eigenvalue weighted by Crippen LogP contribution is -2.50. The van der Waals surface area contributed by atoms with Gasteiger partial charge >= 0.3 is 0 Å². The number of nitrogens with zero attached hydrogens (tertiary/aromatic N) is 1. The van der Waals surface area contributed by atoms with Crippen LogP contribution in [0.3, 0.4) is 0 Å². The van der Waals surface area contributed by atoms with Crippen LogP contribution in [0.1, 0.15) is 24.4 Å². The Morgan fingerprint density at radius 3 is 2.52 bits per heavy atom. The summed E-state index contributed by atoms with van der Waals surface area (Å²) in [6.07, 6.45) is 1.28. The number of nitrogens with one attached hydrogen (secondary N) is 1. The van der Waals surface area contributed by atoms with Gasteiger partial charge in [0.25, 0.3) is 0 Å². The van der Waals surface area contributed by atoms with Crippen molar-refractivity contribution in [3.05, 3.63) is 35.6 Å². The summed E-state index contributed by atoms with van der Waals surface area (Å²) in [7, 11) is 3.82. The van der Waals surface area contributed by atoms with E-state index >= 15 is 0 Å². The van der Waals surface area contributed by atoms with Gasteiger partial charge in [0.1, 0.15) is 5.82 Å². The number of benzene rings is 1. The summed E-state index contributed by atoms with van der Waals surface area (Å²) < 4.78 is 18.8. The van der Waals surface area contributed by atoms with Gasteiger partial charge in [-0.3, -0.25) is 4.79 Å². The zero-order valence-corrected chi connectivity index (χ0v) is 16.3. The molecule has 1 aromatic rings. The zero-order chi connectivity index (χ0) is 16.9. The summed E-state index contributed by atoms with van der Waals surface area (Å²) in [6.45, 7) is 1.85. The lowest BCUT2D eigenvalue weighted by molar-refractivity contribution is -0.136. The van der Waals surface area contributed by atoms with E-state index in [1.54, 1.807) is 6.07 Å².